The first-order valence-electron chi connectivity index (χ1n) is 10.3. The Bertz CT molecular complexity index is 965. The quantitative estimate of drug-likeness (QED) is 0.364. The number of rotatable bonds is 6. The highest BCUT2D eigenvalue weighted by atomic mass is 16.3. The summed E-state index contributed by atoms with van der Waals surface area (Å²) in [6.07, 6.45) is 7.07. The van der Waals surface area contributed by atoms with Gasteiger partial charge in [-0.05, 0) is 24.1 Å². The lowest BCUT2D eigenvalue weighted by atomic mass is 9.90. The minimum absolute atomic E-state index is 0.152. The van der Waals surface area contributed by atoms with Gasteiger partial charge in [0.15, 0.2) is 0 Å². The van der Waals surface area contributed by atoms with Crippen LogP contribution in [0.3, 0.4) is 0 Å². The maximum atomic E-state index is 9.86. The largest absolute Gasteiger partial charge is 0.508 e. The first-order valence-corrected chi connectivity index (χ1v) is 10.3. The molecule has 172 valence electrons. The Labute approximate surface area is 186 Å². The Kier molecular flexibility index (Phi) is 9.92. The molecule has 0 saturated heterocycles. The van der Waals surface area contributed by atoms with Crippen LogP contribution in [0.4, 0.5) is 0 Å². The van der Waals surface area contributed by atoms with E-state index in [1.807, 2.05) is 18.3 Å². The lowest BCUT2D eigenvalue weighted by Crippen LogP contribution is -2.34. The van der Waals surface area contributed by atoms with Crippen molar-refractivity contribution < 1.29 is 24.9 Å². The van der Waals surface area contributed by atoms with Crippen molar-refractivity contribution in [3.05, 3.63) is 65.3 Å². The maximum Gasteiger partial charge on any atom is 0.290 e. The first kappa shape index (κ1) is 24.6. The van der Waals surface area contributed by atoms with E-state index in [9.17, 15) is 5.11 Å². The molecule has 0 radical (unpaired) electrons. The molecular weight excluding hydrogens is 414 g/mol. The van der Waals surface area contributed by atoms with Crippen LogP contribution in [0, 0.1) is 0 Å². The van der Waals surface area contributed by atoms with Crippen LogP contribution < -0.4 is 0 Å². The van der Waals surface area contributed by atoms with E-state index in [4.69, 9.17) is 19.8 Å². The second-order valence-corrected chi connectivity index (χ2v) is 7.25. The lowest BCUT2D eigenvalue weighted by Gasteiger charge is -2.32. The smallest absolute Gasteiger partial charge is 0.290 e. The van der Waals surface area contributed by atoms with Gasteiger partial charge in [-0.3, -0.25) is 14.5 Å². The molecule has 0 bridgehead atoms. The molecule has 0 spiro atoms. The van der Waals surface area contributed by atoms with Crippen LogP contribution in [-0.4, -0.2) is 59.6 Å². The SMILES string of the molecule is CCCCc1ncc(CN2Cc3[nH]cnc3C(c3cccc(O)c3)C2)[nH]1.O=CO.O=CO. The average Bonchev–Trinajstić information content (AvgIpc) is 3.42. The fourth-order valence-corrected chi connectivity index (χ4v) is 3.71. The van der Waals surface area contributed by atoms with Gasteiger partial charge in [-0.25, -0.2) is 9.97 Å². The number of benzene rings is 1. The van der Waals surface area contributed by atoms with E-state index in [1.54, 1.807) is 12.4 Å². The van der Waals surface area contributed by atoms with Crippen LogP contribution in [0.1, 0.15) is 54.2 Å². The van der Waals surface area contributed by atoms with Gasteiger partial charge in [0.05, 0.1) is 17.7 Å². The van der Waals surface area contributed by atoms with E-state index in [1.165, 1.54) is 6.42 Å². The van der Waals surface area contributed by atoms with Crippen LogP contribution in [0.5, 0.6) is 5.75 Å². The summed E-state index contributed by atoms with van der Waals surface area (Å²) in [5.41, 5.74) is 4.47. The average molecular weight is 444 g/mol. The molecule has 1 aliphatic heterocycles. The number of hydrogen-bond acceptors (Lipinski definition) is 6. The van der Waals surface area contributed by atoms with Gasteiger partial charge in [-0.1, -0.05) is 25.5 Å². The van der Waals surface area contributed by atoms with Crippen molar-refractivity contribution in [1.29, 1.82) is 0 Å². The predicted molar refractivity (Wildman–Crippen MR) is 117 cm³/mol. The molecule has 0 saturated carbocycles. The summed E-state index contributed by atoms with van der Waals surface area (Å²) < 4.78 is 0. The van der Waals surface area contributed by atoms with Gasteiger partial charge in [-0.2, -0.15) is 0 Å². The minimum Gasteiger partial charge on any atom is -0.508 e. The van der Waals surface area contributed by atoms with E-state index < -0.39 is 0 Å². The van der Waals surface area contributed by atoms with E-state index in [0.717, 1.165) is 60.9 Å². The number of H-pyrrole nitrogens is 2. The summed E-state index contributed by atoms with van der Waals surface area (Å²) in [4.78, 5) is 34.9. The molecule has 10 heteroatoms. The van der Waals surface area contributed by atoms with Gasteiger partial charge in [0.1, 0.15) is 11.6 Å². The van der Waals surface area contributed by atoms with Crippen LogP contribution in [-0.2, 0) is 29.1 Å². The Morgan fingerprint density at radius 3 is 2.66 bits per heavy atom. The lowest BCUT2D eigenvalue weighted by molar-refractivity contribution is -0.123. The molecule has 0 fully saturated rings. The number of phenols is 1. The van der Waals surface area contributed by atoms with Gasteiger partial charge in [0, 0.05) is 43.9 Å². The van der Waals surface area contributed by atoms with Crippen molar-refractivity contribution in [2.24, 2.45) is 0 Å². The monoisotopic (exact) mass is 443 g/mol. The summed E-state index contributed by atoms with van der Waals surface area (Å²) in [7, 11) is 0. The molecule has 5 N–H and O–H groups in total. The maximum absolute atomic E-state index is 9.86. The molecule has 1 atom stereocenters. The summed E-state index contributed by atoms with van der Waals surface area (Å²) in [5, 5.41) is 23.6. The number of carbonyl (C=O) groups is 2. The second-order valence-electron chi connectivity index (χ2n) is 7.25. The summed E-state index contributed by atoms with van der Waals surface area (Å²) >= 11 is 0. The Hall–Kier alpha value is -3.66. The molecule has 1 unspecified atom stereocenters. The number of aromatic nitrogens is 4. The molecule has 10 nitrogen and oxygen atoms in total. The number of phenolic OH excluding ortho intramolecular Hbond substituents is 1. The fourth-order valence-electron chi connectivity index (χ4n) is 3.71. The number of unbranched alkanes of at least 4 members (excludes halogenated alkanes) is 1. The fraction of sp³-hybridized carbons (Fsp3) is 0.364. The Balaban J connectivity index is 0.000000547. The summed E-state index contributed by atoms with van der Waals surface area (Å²) in [6, 6.07) is 7.50. The number of imidazole rings is 2. The molecular formula is C22H29N5O5. The van der Waals surface area contributed by atoms with E-state index in [-0.39, 0.29) is 18.9 Å². The van der Waals surface area contributed by atoms with E-state index in [0.29, 0.717) is 5.75 Å². The summed E-state index contributed by atoms with van der Waals surface area (Å²) in [5.74, 6) is 1.52. The third-order valence-corrected chi connectivity index (χ3v) is 5.02. The van der Waals surface area contributed by atoms with Crippen molar-refractivity contribution in [2.75, 3.05) is 6.54 Å². The predicted octanol–water partition coefficient (Wildman–Crippen LogP) is 2.73. The molecule has 32 heavy (non-hydrogen) atoms. The first-order chi connectivity index (χ1) is 15.6. The standard InChI is InChI=1S/C20H25N5O.2CH2O2/c1-2-3-7-19-21-9-15(24-19)10-25-11-17(14-5-4-6-16(26)8-14)20-18(12-25)22-13-23-20;2*2-1-3/h4-6,8-9,13,17,26H,2-3,7,10-12H2,1H3,(H,21,24)(H,22,23);2*1H,(H,2,3). The zero-order valence-electron chi connectivity index (χ0n) is 17.9. The van der Waals surface area contributed by atoms with Crippen LogP contribution in [0.15, 0.2) is 36.8 Å². The van der Waals surface area contributed by atoms with Crippen molar-refractivity contribution >= 4 is 12.9 Å². The van der Waals surface area contributed by atoms with Crippen molar-refractivity contribution in [1.82, 2.24) is 24.8 Å². The third-order valence-electron chi connectivity index (χ3n) is 5.02. The molecule has 3 heterocycles. The molecule has 1 aliphatic rings. The highest BCUT2D eigenvalue weighted by molar-refractivity contribution is 5.37. The number of aromatic hydroxyl groups is 1. The van der Waals surface area contributed by atoms with E-state index in [2.05, 4.69) is 37.8 Å². The number of nitrogens with zero attached hydrogens (tertiary/aromatic N) is 3. The number of hydrogen-bond donors (Lipinski definition) is 5. The summed E-state index contributed by atoms with van der Waals surface area (Å²) in [6.45, 7) is 4.23. The van der Waals surface area contributed by atoms with Crippen molar-refractivity contribution in [2.45, 2.75) is 45.2 Å². The second kappa shape index (κ2) is 12.9. The number of aromatic amines is 2. The number of carboxylic acid groups (broad SMARTS) is 2. The molecule has 4 rings (SSSR count). The highest BCUT2D eigenvalue weighted by Crippen LogP contribution is 2.33. The molecule has 0 amide bonds. The van der Waals surface area contributed by atoms with Gasteiger partial charge < -0.3 is 25.3 Å². The topological polar surface area (TPSA) is 155 Å². The van der Waals surface area contributed by atoms with Gasteiger partial charge in [0.25, 0.3) is 12.9 Å². The van der Waals surface area contributed by atoms with Crippen LogP contribution in [0.25, 0.3) is 0 Å². The Morgan fingerprint density at radius 2 is 1.97 bits per heavy atom. The number of aryl methyl sites for hydroxylation is 1. The molecule has 3 aromatic rings. The normalized spacial score (nSPS) is 14.8. The molecule has 0 aliphatic carbocycles. The highest BCUT2D eigenvalue weighted by Gasteiger charge is 2.29. The van der Waals surface area contributed by atoms with Gasteiger partial charge in [-0.15, -0.1) is 0 Å². The van der Waals surface area contributed by atoms with Crippen LogP contribution >= 0.6 is 0 Å². The molecule has 2 aromatic heterocycles. The number of nitrogens with one attached hydrogen (secondary N) is 2. The zero-order valence-corrected chi connectivity index (χ0v) is 17.9. The van der Waals surface area contributed by atoms with E-state index >= 15 is 0 Å². The van der Waals surface area contributed by atoms with Crippen LogP contribution in [0.2, 0.25) is 0 Å². The Morgan fingerprint density at radius 1 is 1.22 bits per heavy atom. The third kappa shape index (κ3) is 6.95. The van der Waals surface area contributed by atoms with Crippen molar-refractivity contribution in [3.63, 3.8) is 0 Å². The number of fused-ring (bicyclic) bond motifs is 1. The van der Waals surface area contributed by atoms with Gasteiger partial charge in [0.2, 0.25) is 0 Å². The molecule has 1 aromatic carbocycles. The van der Waals surface area contributed by atoms with Gasteiger partial charge >= 0.3 is 0 Å². The van der Waals surface area contributed by atoms with Crippen molar-refractivity contribution in [3.8, 4) is 5.75 Å². The minimum atomic E-state index is -0.250. The zero-order chi connectivity index (χ0) is 23.3.